The monoisotopic (exact) mass is 445 g/mol. The van der Waals surface area contributed by atoms with Crippen LogP contribution in [0.2, 0.25) is 0 Å². The van der Waals surface area contributed by atoms with E-state index in [1.165, 1.54) is 23.5 Å². The first-order valence-electron chi connectivity index (χ1n) is 10.1. The summed E-state index contributed by atoms with van der Waals surface area (Å²) in [6, 6.07) is 10.7. The van der Waals surface area contributed by atoms with Crippen molar-refractivity contribution in [3.05, 3.63) is 81.1 Å². The Balaban J connectivity index is 1.47. The number of nitrogens with zero attached hydrogens (tertiary/aromatic N) is 3. The van der Waals surface area contributed by atoms with E-state index in [1.807, 2.05) is 35.4 Å². The van der Waals surface area contributed by atoms with Gasteiger partial charge < -0.3 is 4.90 Å². The van der Waals surface area contributed by atoms with Crippen molar-refractivity contribution in [1.82, 2.24) is 14.9 Å². The zero-order chi connectivity index (χ0) is 22.0. The van der Waals surface area contributed by atoms with E-state index in [0.29, 0.717) is 13.0 Å². The van der Waals surface area contributed by atoms with Gasteiger partial charge in [-0.2, -0.15) is 13.2 Å². The minimum absolute atomic E-state index is 0.0442. The molecule has 1 aliphatic rings. The molecule has 0 saturated carbocycles. The van der Waals surface area contributed by atoms with Gasteiger partial charge >= 0.3 is 6.18 Å². The van der Waals surface area contributed by atoms with Crippen LogP contribution in [0.15, 0.2) is 47.8 Å². The van der Waals surface area contributed by atoms with Crippen LogP contribution in [0.4, 0.5) is 13.2 Å². The van der Waals surface area contributed by atoms with Crippen molar-refractivity contribution in [2.24, 2.45) is 0 Å². The van der Waals surface area contributed by atoms with Gasteiger partial charge in [0.1, 0.15) is 0 Å². The number of alkyl halides is 3. The number of pyridine rings is 1. The van der Waals surface area contributed by atoms with Crippen molar-refractivity contribution in [3.8, 4) is 0 Å². The smallest absolute Gasteiger partial charge is 0.334 e. The molecule has 2 aromatic heterocycles. The molecule has 1 saturated heterocycles. The van der Waals surface area contributed by atoms with Crippen molar-refractivity contribution in [3.63, 3.8) is 0 Å². The maximum atomic E-state index is 12.9. The Morgan fingerprint density at radius 2 is 1.90 bits per heavy atom. The maximum absolute atomic E-state index is 12.9. The molecule has 0 spiro atoms. The fourth-order valence-electron chi connectivity index (χ4n) is 3.92. The summed E-state index contributed by atoms with van der Waals surface area (Å²) in [5.41, 5.74) is 2.49. The topological polar surface area (TPSA) is 46.1 Å². The van der Waals surface area contributed by atoms with Crippen molar-refractivity contribution < 1.29 is 18.0 Å². The molecule has 0 N–H and O–H groups in total. The summed E-state index contributed by atoms with van der Waals surface area (Å²) in [7, 11) is 0. The molecule has 3 heterocycles. The molecule has 0 radical (unpaired) electrons. The highest BCUT2D eigenvalue weighted by atomic mass is 32.1. The summed E-state index contributed by atoms with van der Waals surface area (Å²) in [6.07, 6.45) is -1.86. The van der Waals surface area contributed by atoms with Crippen LogP contribution in [-0.4, -0.2) is 27.3 Å². The van der Waals surface area contributed by atoms with Crippen LogP contribution in [0.5, 0.6) is 0 Å². The van der Waals surface area contributed by atoms with E-state index in [4.69, 9.17) is 4.98 Å². The van der Waals surface area contributed by atoms with Gasteiger partial charge in [0.2, 0.25) is 5.91 Å². The zero-order valence-electron chi connectivity index (χ0n) is 17.0. The second kappa shape index (κ2) is 8.78. The van der Waals surface area contributed by atoms with Crippen LogP contribution < -0.4 is 0 Å². The quantitative estimate of drug-likeness (QED) is 0.531. The van der Waals surface area contributed by atoms with E-state index < -0.39 is 11.7 Å². The van der Waals surface area contributed by atoms with Gasteiger partial charge in [-0.05, 0) is 49.6 Å². The van der Waals surface area contributed by atoms with Crippen molar-refractivity contribution in [2.45, 2.75) is 44.8 Å². The van der Waals surface area contributed by atoms with Gasteiger partial charge in [0.25, 0.3) is 0 Å². The molecule has 4 rings (SSSR count). The first-order valence-corrected chi connectivity index (χ1v) is 11.0. The van der Waals surface area contributed by atoms with Crippen LogP contribution in [0.3, 0.4) is 0 Å². The number of hydrogen-bond acceptors (Lipinski definition) is 4. The average molecular weight is 446 g/mol. The molecule has 1 unspecified atom stereocenters. The fourth-order valence-corrected chi connectivity index (χ4v) is 4.53. The number of aryl methyl sites for hydroxylation is 1. The molecule has 1 fully saturated rings. The molecule has 1 atom stereocenters. The number of carbonyl (C=O) groups excluding carboxylic acids is 1. The molecule has 8 heteroatoms. The zero-order valence-corrected chi connectivity index (χ0v) is 17.8. The molecule has 4 nitrogen and oxygen atoms in total. The number of thiazole rings is 1. The highest BCUT2D eigenvalue weighted by Crippen LogP contribution is 2.32. The van der Waals surface area contributed by atoms with E-state index in [9.17, 15) is 18.0 Å². The Kier molecular flexibility index (Phi) is 6.09. The minimum atomic E-state index is -4.34. The van der Waals surface area contributed by atoms with Crippen molar-refractivity contribution >= 4 is 17.2 Å². The molecule has 1 aliphatic heterocycles. The predicted molar refractivity (Wildman–Crippen MR) is 113 cm³/mol. The molecular formula is C23H22F3N3OS. The van der Waals surface area contributed by atoms with Crippen LogP contribution in [0, 0.1) is 6.92 Å². The lowest BCUT2D eigenvalue weighted by molar-refractivity contribution is -0.137. The van der Waals surface area contributed by atoms with Gasteiger partial charge in [0.15, 0.2) is 0 Å². The Labute approximate surface area is 182 Å². The Morgan fingerprint density at radius 1 is 1.13 bits per heavy atom. The third kappa shape index (κ3) is 5.12. The van der Waals surface area contributed by atoms with Crippen molar-refractivity contribution in [2.75, 3.05) is 6.54 Å². The fraction of sp³-hybridized carbons (Fsp3) is 0.348. The number of amides is 1. The highest BCUT2D eigenvalue weighted by Gasteiger charge is 2.31. The summed E-state index contributed by atoms with van der Waals surface area (Å²) in [5.74, 6) is 0.0442. The summed E-state index contributed by atoms with van der Waals surface area (Å²) < 4.78 is 38.3. The summed E-state index contributed by atoms with van der Waals surface area (Å²) in [6.45, 7) is 2.61. The van der Waals surface area contributed by atoms with Gasteiger partial charge in [0, 0.05) is 24.0 Å². The van der Waals surface area contributed by atoms with Crippen LogP contribution >= 0.6 is 11.3 Å². The van der Waals surface area contributed by atoms with E-state index in [2.05, 4.69) is 4.98 Å². The largest absolute Gasteiger partial charge is 0.416 e. The first kappa shape index (κ1) is 21.5. The van der Waals surface area contributed by atoms with Crippen molar-refractivity contribution in [1.29, 1.82) is 0 Å². The lowest BCUT2D eigenvalue weighted by atomic mass is 10.0. The summed E-state index contributed by atoms with van der Waals surface area (Å²) >= 11 is 1.53. The van der Waals surface area contributed by atoms with Crippen LogP contribution in [0.25, 0.3) is 0 Å². The van der Waals surface area contributed by atoms with E-state index >= 15 is 0 Å². The third-order valence-corrected chi connectivity index (χ3v) is 6.23. The van der Waals surface area contributed by atoms with Gasteiger partial charge in [-0.15, -0.1) is 11.3 Å². The molecule has 3 aromatic rings. The number of hydrogen-bond donors (Lipinski definition) is 0. The Bertz CT molecular complexity index is 1060. The van der Waals surface area contributed by atoms with E-state index in [1.54, 1.807) is 0 Å². The van der Waals surface area contributed by atoms with E-state index in [0.717, 1.165) is 52.6 Å². The van der Waals surface area contributed by atoms with Gasteiger partial charge in [-0.25, -0.2) is 4.98 Å². The van der Waals surface area contributed by atoms with Crippen LogP contribution in [0.1, 0.15) is 52.1 Å². The molecular weight excluding hydrogens is 423 g/mol. The molecule has 162 valence electrons. The molecule has 0 bridgehead atoms. The SMILES string of the molecule is Cc1nc(CC(=O)N2CCCC2c2cccc(Cc3ccc(C(F)(F)F)cc3)n2)cs1. The van der Waals surface area contributed by atoms with Gasteiger partial charge in [-0.1, -0.05) is 18.2 Å². The van der Waals surface area contributed by atoms with E-state index in [-0.39, 0.29) is 18.4 Å². The third-order valence-electron chi connectivity index (χ3n) is 5.41. The second-order valence-electron chi connectivity index (χ2n) is 7.71. The number of benzene rings is 1. The first-order chi connectivity index (χ1) is 14.8. The maximum Gasteiger partial charge on any atom is 0.416 e. The van der Waals surface area contributed by atoms with Gasteiger partial charge in [-0.3, -0.25) is 9.78 Å². The molecule has 0 aliphatic carbocycles. The Hall–Kier alpha value is -2.74. The molecule has 1 aromatic carbocycles. The molecule has 31 heavy (non-hydrogen) atoms. The Morgan fingerprint density at radius 3 is 2.58 bits per heavy atom. The highest BCUT2D eigenvalue weighted by molar-refractivity contribution is 7.09. The number of aromatic nitrogens is 2. The lowest BCUT2D eigenvalue weighted by Gasteiger charge is -2.24. The number of rotatable bonds is 5. The van der Waals surface area contributed by atoms with Crippen LogP contribution in [-0.2, 0) is 23.8 Å². The minimum Gasteiger partial charge on any atom is -0.334 e. The van der Waals surface area contributed by atoms with Gasteiger partial charge in [0.05, 0.1) is 34.4 Å². The average Bonchev–Trinajstić information content (AvgIpc) is 3.37. The second-order valence-corrected chi connectivity index (χ2v) is 8.77. The number of likely N-dealkylation sites (tertiary alicyclic amines) is 1. The molecule has 1 amide bonds. The normalized spacial score (nSPS) is 16.6. The lowest BCUT2D eigenvalue weighted by Crippen LogP contribution is -2.32. The standard InChI is InChI=1S/C23H22F3N3OS/c1-15-27-19(14-31-15)13-22(30)29-11-3-6-21(29)20-5-2-4-18(28-20)12-16-7-9-17(10-8-16)23(24,25)26/h2,4-5,7-10,14,21H,3,6,11-13H2,1H3. The number of halogens is 3. The predicted octanol–water partition coefficient (Wildman–Crippen LogP) is 5.36. The number of carbonyl (C=O) groups is 1. The summed E-state index contributed by atoms with van der Waals surface area (Å²) in [4.78, 5) is 23.9. The summed E-state index contributed by atoms with van der Waals surface area (Å²) in [5, 5.41) is 2.86.